The smallest absolute Gasteiger partial charge is 0.226 e. The van der Waals surface area contributed by atoms with Gasteiger partial charge in [0, 0.05) is 31.6 Å². The van der Waals surface area contributed by atoms with Crippen LogP contribution >= 0.6 is 35.6 Å². The maximum absolute atomic E-state index is 12.5. The average molecular weight is 350 g/mol. The van der Waals surface area contributed by atoms with E-state index < -0.39 is 0 Å². The summed E-state index contributed by atoms with van der Waals surface area (Å²) in [4.78, 5) is 14.5. The maximum atomic E-state index is 12.5. The number of piperazine rings is 1. The molecule has 2 aliphatic rings. The van der Waals surface area contributed by atoms with Crippen molar-refractivity contribution in [2.75, 3.05) is 19.6 Å². The summed E-state index contributed by atoms with van der Waals surface area (Å²) in [5.74, 6) is 0.578. The Bertz CT molecular complexity index is 538. The van der Waals surface area contributed by atoms with Gasteiger partial charge in [0.2, 0.25) is 5.91 Å². The number of amides is 1. The summed E-state index contributed by atoms with van der Waals surface area (Å²) >= 11 is 12.3. The number of rotatable bonds is 2. The first-order valence-electron chi connectivity index (χ1n) is 7.04. The average Bonchev–Trinajstić information content (AvgIpc) is 3.21. The van der Waals surface area contributed by atoms with Gasteiger partial charge in [0.25, 0.3) is 0 Å². The Morgan fingerprint density at radius 3 is 2.86 bits per heavy atom. The van der Waals surface area contributed by atoms with Crippen molar-refractivity contribution in [2.45, 2.75) is 25.3 Å². The minimum atomic E-state index is 0. The first-order valence-corrected chi connectivity index (χ1v) is 7.79. The lowest BCUT2D eigenvalue weighted by molar-refractivity contribution is -0.133. The third kappa shape index (κ3) is 3.48. The lowest BCUT2D eigenvalue weighted by atomic mass is 10.1. The molecule has 1 N–H and O–H groups in total. The van der Waals surface area contributed by atoms with E-state index in [-0.39, 0.29) is 30.2 Å². The van der Waals surface area contributed by atoms with E-state index in [1.165, 1.54) is 0 Å². The maximum Gasteiger partial charge on any atom is 0.226 e. The standard InChI is InChI=1S/C15H18Cl2N2O.ClH/c1-9-8-19(6-5-18-9)15(20)12-7-11(12)10-3-2-4-13(16)14(10)17;/h2-4,9,11-12,18H,5-8H2,1H3;1H. The monoisotopic (exact) mass is 348 g/mol. The van der Waals surface area contributed by atoms with E-state index >= 15 is 0 Å². The second-order valence-corrected chi connectivity index (χ2v) is 6.52. The molecule has 1 saturated carbocycles. The predicted octanol–water partition coefficient (Wildman–Crippen LogP) is 3.34. The number of nitrogens with zero attached hydrogens (tertiary/aromatic N) is 1. The molecule has 0 bridgehead atoms. The second-order valence-electron chi connectivity index (χ2n) is 5.73. The van der Waals surface area contributed by atoms with E-state index in [4.69, 9.17) is 23.2 Å². The fraction of sp³-hybridized carbons (Fsp3) is 0.533. The highest BCUT2D eigenvalue weighted by atomic mass is 35.5. The van der Waals surface area contributed by atoms with Gasteiger partial charge in [0.1, 0.15) is 0 Å². The van der Waals surface area contributed by atoms with Crippen LogP contribution in [0.5, 0.6) is 0 Å². The second kappa shape index (κ2) is 6.74. The Kier molecular flexibility index (Phi) is 5.42. The van der Waals surface area contributed by atoms with Crippen LogP contribution in [0, 0.1) is 5.92 Å². The van der Waals surface area contributed by atoms with Crippen LogP contribution in [0.2, 0.25) is 10.0 Å². The number of hydrogen-bond donors (Lipinski definition) is 1. The number of carbonyl (C=O) groups is 1. The first-order chi connectivity index (χ1) is 9.58. The van der Waals surface area contributed by atoms with Crippen molar-refractivity contribution in [3.63, 3.8) is 0 Å². The van der Waals surface area contributed by atoms with Gasteiger partial charge in [0.15, 0.2) is 0 Å². The third-order valence-electron chi connectivity index (χ3n) is 4.17. The number of hydrogen-bond acceptors (Lipinski definition) is 2. The van der Waals surface area contributed by atoms with Crippen molar-refractivity contribution in [1.82, 2.24) is 10.2 Å². The van der Waals surface area contributed by atoms with Crippen LogP contribution in [0.4, 0.5) is 0 Å². The highest BCUT2D eigenvalue weighted by molar-refractivity contribution is 6.42. The van der Waals surface area contributed by atoms with Crippen LogP contribution < -0.4 is 5.32 Å². The van der Waals surface area contributed by atoms with Gasteiger partial charge in [-0.25, -0.2) is 0 Å². The zero-order chi connectivity index (χ0) is 14.3. The highest BCUT2D eigenvalue weighted by Crippen LogP contribution is 2.51. The van der Waals surface area contributed by atoms with E-state index in [0.717, 1.165) is 31.6 Å². The predicted molar refractivity (Wildman–Crippen MR) is 88.6 cm³/mol. The molecule has 1 heterocycles. The van der Waals surface area contributed by atoms with Crippen LogP contribution in [-0.2, 0) is 4.79 Å². The van der Waals surface area contributed by atoms with Gasteiger partial charge in [-0.05, 0) is 30.9 Å². The summed E-state index contributed by atoms with van der Waals surface area (Å²) < 4.78 is 0. The molecule has 1 saturated heterocycles. The molecule has 2 fully saturated rings. The molecule has 3 nitrogen and oxygen atoms in total. The number of nitrogens with one attached hydrogen (secondary N) is 1. The molecule has 1 aromatic carbocycles. The Balaban J connectivity index is 0.00000161. The van der Waals surface area contributed by atoms with Gasteiger partial charge in [-0.1, -0.05) is 35.3 Å². The summed E-state index contributed by atoms with van der Waals surface area (Å²) in [5.41, 5.74) is 1.01. The summed E-state index contributed by atoms with van der Waals surface area (Å²) in [6, 6.07) is 6.03. The molecule has 1 aliphatic carbocycles. The summed E-state index contributed by atoms with van der Waals surface area (Å²) in [6.07, 6.45) is 0.886. The van der Waals surface area contributed by atoms with Gasteiger partial charge in [-0.15, -0.1) is 12.4 Å². The number of benzene rings is 1. The van der Waals surface area contributed by atoms with Gasteiger partial charge in [0.05, 0.1) is 10.0 Å². The normalized spacial score (nSPS) is 28.0. The SMILES string of the molecule is CC1CN(C(=O)C2CC2c2cccc(Cl)c2Cl)CCN1.Cl. The van der Waals surface area contributed by atoms with Crippen LogP contribution in [0.3, 0.4) is 0 Å². The van der Waals surface area contributed by atoms with Gasteiger partial charge >= 0.3 is 0 Å². The Hall–Kier alpha value is -0.480. The Labute approximate surface area is 141 Å². The fourth-order valence-electron chi connectivity index (χ4n) is 2.99. The van der Waals surface area contributed by atoms with Crippen LogP contribution in [0.25, 0.3) is 0 Å². The Morgan fingerprint density at radius 1 is 1.38 bits per heavy atom. The molecular formula is C15H19Cl3N2O. The molecule has 21 heavy (non-hydrogen) atoms. The van der Waals surface area contributed by atoms with Crippen LogP contribution in [0.15, 0.2) is 18.2 Å². The summed E-state index contributed by atoms with van der Waals surface area (Å²) in [5, 5.41) is 4.52. The fourth-order valence-corrected chi connectivity index (χ4v) is 3.43. The lowest BCUT2D eigenvalue weighted by Gasteiger charge is -2.32. The van der Waals surface area contributed by atoms with E-state index in [1.807, 2.05) is 17.0 Å². The minimum Gasteiger partial charge on any atom is -0.340 e. The van der Waals surface area contributed by atoms with Crippen molar-refractivity contribution in [1.29, 1.82) is 0 Å². The summed E-state index contributed by atoms with van der Waals surface area (Å²) in [7, 11) is 0. The third-order valence-corrected chi connectivity index (χ3v) is 5.00. The zero-order valence-electron chi connectivity index (χ0n) is 11.8. The van der Waals surface area contributed by atoms with Crippen LogP contribution in [-0.4, -0.2) is 36.5 Å². The van der Waals surface area contributed by atoms with E-state index in [1.54, 1.807) is 6.07 Å². The number of halogens is 3. The van der Waals surface area contributed by atoms with Gasteiger partial charge in [-0.2, -0.15) is 0 Å². The number of carbonyl (C=O) groups excluding carboxylic acids is 1. The van der Waals surface area contributed by atoms with Crippen molar-refractivity contribution in [3.05, 3.63) is 33.8 Å². The van der Waals surface area contributed by atoms with Crippen molar-refractivity contribution < 1.29 is 4.79 Å². The van der Waals surface area contributed by atoms with Gasteiger partial charge < -0.3 is 10.2 Å². The molecule has 0 aromatic heterocycles. The minimum absolute atomic E-state index is 0. The van der Waals surface area contributed by atoms with Crippen LogP contribution in [0.1, 0.15) is 24.8 Å². The molecule has 3 unspecified atom stereocenters. The van der Waals surface area contributed by atoms with E-state index in [9.17, 15) is 4.79 Å². The molecule has 1 aromatic rings. The molecule has 0 spiro atoms. The largest absolute Gasteiger partial charge is 0.340 e. The molecule has 1 aliphatic heterocycles. The molecule has 116 valence electrons. The molecular weight excluding hydrogens is 331 g/mol. The highest BCUT2D eigenvalue weighted by Gasteiger charge is 2.47. The first kappa shape index (κ1) is 16.9. The molecule has 0 radical (unpaired) electrons. The molecule has 1 amide bonds. The zero-order valence-corrected chi connectivity index (χ0v) is 14.1. The topological polar surface area (TPSA) is 32.3 Å². The van der Waals surface area contributed by atoms with E-state index in [2.05, 4.69) is 12.2 Å². The molecule has 3 rings (SSSR count). The molecule has 3 atom stereocenters. The lowest BCUT2D eigenvalue weighted by Crippen LogP contribution is -2.51. The molecule has 6 heteroatoms. The van der Waals surface area contributed by atoms with Crippen molar-refractivity contribution in [3.8, 4) is 0 Å². The van der Waals surface area contributed by atoms with Gasteiger partial charge in [-0.3, -0.25) is 4.79 Å². The van der Waals surface area contributed by atoms with Crippen molar-refractivity contribution in [2.24, 2.45) is 5.92 Å². The summed E-state index contributed by atoms with van der Waals surface area (Å²) in [6.45, 7) is 4.58. The Morgan fingerprint density at radius 2 is 2.14 bits per heavy atom. The van der Waals surface area contributed by atoms with Crippen molar-refractivity contribution >= 4 is 41.5 Å². The quantitative estimate of drug-likeness (QED) is 0.888. The van der Waals surface area contributed by atoms with E-state index in [0.29, 0.717) is 16.1 Å².